The first-order valence-corrected chi connectivity index (χ1v) is 4.99. The van der Waals surface area contributed by atoms with Crippen LogP contribution in [-0.4, -0.2) is 11.1 Å². The Hall–Kier alpha value is -2.02. The summed E-state index contributed by atoms with van der Waals surface area (Å²) in [5.74, 6) is -0.887. The summed E-state index contributed by atoms with van der Waals surface area (Å²) in [6.45, 7) is 3.56. The molecule has 0 radical (unpaired) electrons. The molecule has 0 aliphatic carbocycles. The number of nitriles is 1. The minimum atomic E-state index is -0.706. The maximum atomic E-state index is 9.93. The molecule has 0 aliphatic rings. The average Bonchev–Trinajstić information content (AvgIpc) is 2.28. The van der Waals surface area contributed by atoms with Crippen LogP contribution in [0.25, 0.3) is 0 Å². The maximum Gasteiger partial charge on any atom is 0.306 e. The molecule has 3 N–H and O–H groups in total. The number of nitrogen functional groups attached to an aromatic ring is 1. The predicted octanol–water partition coefficient (Wildman–Crippen LogP) is 2.26. The van der Waals surface area contributed by atoms with E-state index in [0.29, 0.717) is 11.3 Å². The number of hydrogen-bond donors (Lipinski definition) is 2. The summed E-state index contributed by atoms with van der Waals surface area (Å²) in [4.78, 5) is 9.93. The Morgan fingerprint density at radius 1 is 1.62 bits per heavy atom. The molecule has 4 nitrogen and oxygen atoms in total. The van der Waals surface area contributed by atoms with Crippen LogP contribution < -0.4 is 5.73 Å². The molecule has 0 saturated carbocycles. The van der Waals surface area contributed by atoms with Crippen LogP contribution in [0.3, 0.4) is 0 Å². The van der Waals surface area contributed by atoms with Gasteiger partial charge in [0.2, 0.25) is 0 Å². The highest BCUT2D eigenvalue weighted by atomic mass is 16.4. The third-order valence-corrected chi connectivity index (χ3v) is 2.05. The molecule has 0 aliphatic heterocycles. The largest absolute Gasteiger partial charge is 0.481 e. The molecule has 1 unspecified atom stereocenters. The lowest BCUT2D eigenvalue weighted by Gasteiger charge is -1.96. The molecule has 4 heteroatoms. The van der Waals surface area contributed by atoms with Crippen LogP contribution in [0.1, 0.15) is 25.8 Å². The molecular weight excluding hydrogens is 204 g/mol. The number of nitrogens with two attached hydrogens (primary N) is 1. The summed E-state index contributed by atoms with van der Waals surface area (Å²) >= 11 is 0. The fourth-order valence-corrected chi connectivity index (χ4v) is 0.783. The average molecular weight is 220 g/mol. The Bertz CT molecular complexity index is 383. The quantitative estimate of drug-likeness (QED) is 0.748. The summed E-state index contributed by atoms with van der Waals surface area (Å²) in [6.07, 6.45) is 0.718. The number of nitrogens with zero attached hydrogens (tertiary/aromatic N) is 1. The van der Waals surface area contributed by atoms with Crippen LogP contribution in [0.15, 0.2) is 24.3 Å². The highest BCUT2D eigenvalue weighted by Gasteiger charge is 2.05. The first-order chi connectivity index (χ1) is 7.51. The predicted molar refractivity (Wildman–Crippen MR) is 62.7 cm³/mol. The van der Waals surface area contributed by atoms with Gasteiger partial charge >= 0.3 is 5.97 Å². The summed E-state index contributed by atoms with van der Waals surface area (Å²) in [6, 6.07) is 8.85. The zero-order valence-electron chi connectivity index (χ0n) is 9.47. The summed E-state index contributed by atoms with van der Waals surface area (Å²) < 4.78 is 0. The molecule has 16 heavy (non-hydrogen) atoms. The summed E-state index contributed by atoms with van der Waals surface area (Å²) in [5, 5.41) is 16.5. The van der Waals surface area contributed by atoms with Crippen LogP contribution in [0.4, 0.5) is 5.69 Å². The van der Waals surface area contributed by atoms with Gasteiger partial charge in [-0.05, 0) is 24.6 Å². The van der Waals surface area contributed by atoms with Gasteiger partial charge in [0, 0.05) is 5.69 Å². The van der Waals surface area contributed by atoms with Gasteiger partial charge in [0.25, 0.3) is 0 Å². The van der Waals surface area contributed by atoms with E-state index < -0.39 is 5.97 Å². The summed E-state index contributed by atoms with van der Waals surface area (Å²) in [7, 11) is 0. The first kappa shape index (κ1) is 14.0. The Morgan fingerprint density at radius 3 is 2.50 bits per heavy atom. The Morgan fingerprint density at radius 2 is 2.25 bits per heavy atom. The van der Waals surface area contributed by atoms with Crippen LogP contribution in [-0.2, 0) is 4.79 Å². The van der Waals surface area contributed by atoms with E-state index >= 15 is 0 Å². The van der Waals surface area contributed by atoms with Crippen LogP contribution in [0.5, 0.6) is 0 Å². The topological polar surface area (TPSA) is 87.1 Å². The standard InChI is InChI=1S/C7H6N2.C5H10O2/c8-5-6-2-1-3-7(9)4-6;1-3-4(2)5(6)7/h1-4H,9H2;4H,3H2,1-2H3,(H,6,7). The van der Waals surface area contributed by atoms with Gasteiger partial charge in [0.05, 0.1) is 17.6 Å². The van der Waals surface area contributed by atoms with E-state index in [9.17, 15) is 4.79 Å². The van der Waals surface area contributed by atoms with Gasteiger partial charge < -0.3 is 10.8 Å². The van der Waals surface area contributed by atoms with Crippen molar-refractivity contribution in [3.05, 3.63) is 29.8 Å². The highest BCUT2D eigenvalue weighted by Crippen LogP contribution is 2.03. The van der Waals surface area contributed by atoms with Crippen molar-refractivity contribution in [1.82, 2.24) is 0 Å². The molecule has 0 bridgehead atoms. The third kappa shape index (κ3) is 5.66. The normalized spacial score (nSPS) is 10.6. The minimum absolute atomic E-state index is 0.181. The molecule has 0 spiro atoms. The van der Waals surface area contributed by atoms with Crippen LogP contribution >= 0.6 is 0 Å². The molecular formula is C12H16N2O2. The van der Waals surface area contributed by atoms with E-state index in [-0.39, 0.29) is 5.92 Å². The fraction of sp³-hybridized carbons (Fsp3) is 0.333. The number of carbonyl (C=O) groups is 1. The van der Waals surface area contributed by atoms with E-state index in [2.05, 4.69) is 0 Å². The van der Waals surface area contributed by atoms with Gasteiger partial charge in [0.1, 0.15) is 0 Å². The van der Waals surface area contributed by atoms with Crippen molar-refractivity contribution in [1.29, 1.82) is 5.26 Å². The molecule has 86 valence electrons. The molecule has 1 rings (SSSR count). The van der Waals surface area contributed by atoms with Crippen LogP contribution in [0, 0.1) is 17.2 Å². The Balaban J connectivity index is 0.000000293. The number of carboxylic acid groups (broad SMARTS) is 1. The van der Waals surface area contributed by atoms with Gasteiger partial charge in [0.15, 0.2) is 0 Å². The Labute approximate surface area is 95.3 Å². The van der Waals surface area contributed by atoms with E-state index in [4.69, 9.17) is 16.1 Å². The van der Waals surface area contributed by atoms with E-state index in [1.54, 1.807) is 31.2 Å². The fourth-order valence-electron chi connectivity index (χ4n) is 0.783. The Kier molecular flexibility index (Phi) is 6.37. The second kappa shape index (κ2) is 7.30. The van der Waals surface area contributed by atoms with E-state index in [0.717, 1.165) is 6.42 Å². The SMILES string of the molecule is CCC(C)C(=O)O.N#Cc1cccc(N)c1. The maximum absolute atomic E-state index is 9.93. The lowest BCUT2D eigenvalue weighted by molar-refractivity contribution is -0.141. The van der Waals surface area contributed by atoms with Crippen molar-refractivity contribution in [2.24, 2.45) is 5.92 Å². The monoisotopic (exact) mass is 220 g/mol. The smallest absolute Gasteiger partial charge is 0.306 e. The van der Waals surface area contributed by atoms with Crippen molar-refractivity contribution < 1.29 is 9.90 Å². The third-order valence-electron chi connectivity index (χ3n) is 2.05. The lowest BCUT2D eigenvalue weighted by atomic mass is 10.1. The minimum Gasteiger partial charge on any atom is -0.481 e. The molecule has 1 aromatic rings. The number of rotatable bonds is 2. The van der Waals surface area contributed by atoms with E-state index in [1.807, 2.05) is 13.0 Å². The lowest BCUT2D eigenvalue weighted by Crippen LogP contribution is -2.06. The van der Waals surface area contributed by atoms with Crippen LogP contribution in [0.2, 0.25) is 0 Å². The van der Waals surface area contributed by atoms with Crippen molar-refractivity contribution in [2.45, 2.75) is 20.3 Å². The molecule has 0 amide bonds. The second-order valence-electron chi connectivity index (χ2n) is 3.38. The molecule has 0 aromatic heterocycles. The molecule has 0 fully saturated rings. The second-order valence-corrected chi connectivity index (χ2v) is 3.38. The number of hydrogen-bond acceptors (Lipinski definition) is 3. The molecule has 0 heterocycles. The molecule has 0 saturated heterocycles. The highest BCUT2D eigenvalue weighted by molar-refractivity contribution is 5.69. The van der Waals surface area contributed by atoms with Gasteiger partial charge in [-0.3, -0.25) is 4.79 Å². The number of aliphatic carboxylic acids is 1. The van der Waals surface area contributed by atoms with Gasteiger partial charge in [-0.15, -0.1) is 0 Å². The summed E-state index contributed by atoms with van der Waals surface area (Å²) in [5.41, 5.74) is 6.62. The van der Waals surface area contributed by atoms with Gasteiger partial charge in [-0.25, -0.2) is 0 Å². The number of anilines is 1. The molecule has 1 atom stereocenters. The van der Waals surface area contributed by atoms with Crippen molar-refractivity contribution in [3.63, 3.8) is 0 Å². The molecule has 1 aromatic carbocycles. The van der Waals surface area contributed by atoms with Gasteiger partial charge in [-0.1, -0.05) is 19.9 Å². The van der Waals surface area contributed by atoms with Crippen molar-refractivity contribution >= 4 is 11.7 Å². The zero-order valence-corrected chi connectivity index (χ0v) is 9.47. The van der Waals surface area contributed by atoms with Crippen molar-refractivity contribution in [2.75, 3.05) is 5.73 Å². The van der Waals surface area contributed by atoms with E-state index in [1.165, 1.54) is 0 Å². The van der Waals surface area contributed by atoms with Crippen molar-refractivity contribution in [3.8, 4) is 6.07 Å². The van der Waals surface area contributed by atoms with Gasteiger partial charge in [-0.2, -0.15) is 5.26 Å². The first-order valence-electron chi connectivity index (χ1n) is 4.99. The zero-order chi connectivity index (χ0) is 12.6. The number of benzene rings is 1. The number of carboxylic acids is 1.